The van der Waals surface area contributed by atoms with Crippen LogP contribution >= 0.6 is 11.3 Å². The van der Waals surface area contributed by atoms with E-state index in [0.29, 0.717) is 23.5 Å². The van der Waals surface area contributed by atoms with Gasteiger partial charge < -0.3 is 9.42 Å². The van der Waals surface area contributed by atoms with Crippen molar-refractivity contribution in [3.63, 3.8) is 0 Å². The molecule has 2 aromatic rings. The minimum Gasteiger partial charge on any atom is -0.354 e. The molecule has 26 heavy (non-hydrogen) atoms. The Balaban J connectivity index is 1.58. The van der Waals surface area contributed by atoms with Gasteiger partial charge in [-0.1, -0.05) is 43.7 Å². The quantitative estimate of drug-likeness (QED) is 0.738. The summed E-state index contributed by atoms with van der Waals surface area (Å²) in [5.74, 6) is 0.635. The molecule has 0 saturated heterocycles. The predicted octanol–water partition coefficient (Wildman–Crippen LogP) is 5.21. The van der Waals surface area contributed by atoms with Gasteiger partial charge in [-0.25, -0.2) is 4.98 Å². The second-order valence-corrected chi connectivity index (χ2v) is 8.69. The van der Waals surface area contributed by atoms with Crippen molar-refractivity contribution in [2.24, 2.45) is 0 Å². The smallest absolute Gasteiger partial charge is 0.276 e. The van der Waals surface area contributed by atoms with Crippen LogP contribution in [0, 0.1) is 6.92 Å². The summed E-state index contributed by atoms with van der Waals surface area (Å²) in [6, 6.07) is 2.50. The minimum atomic E-state index is 0.0470. The van der Waals surface area contributed by atoms with Crippen LogP contribution in [0.2, 0.25) is 0 Å². The molecule has 2 aromatic heterocycles. The number of aromatic nitrogens is 2. The highest BCUT2D eigenvalue weighted by molar-refractivity contribution is 7.09. The van der Waals surface area contributed by atoms with Crippen molar-refractivity contribution in [2.45, 2.75) is 83.2 Å². The van der Waals surface area contributed by atoms with Crippen LogP contribution in [0.3, 0.4) is 0 Å². The van der Waals surface area contributed by atoms with E-state index in [2.05, 4.69) is 15.0 Å². The fourth-order valence-corrected chi connectivity index (χ4v) is 5.06. The first-order chi connectivity index (χ1) is 12.7. The molecular formula is C20H27N3O2S. The van der Waals surface area contributed by atoms with Crippen molar-refractivity contribution < 1.29 is 9.32 Å². The molecular weight excluding hydrogens is 346 g/mol. The zero-order chi connectivity index (χ0) is 17.9. The fraction of sp³-hybridized carbons (Fsp3) is 0.650. The van der Waals surface area contributed by atoms with E-state index < -0.39 is 0 Å². The minimum absolute atomic E-state index is 0.0470. The average Bonchev–Trinajstić information content (AvgIpc) is 3.33. The molecule has 0 N–H and O–H groups in total. The third kappa shape index (κ3) is 3.70. The maximum absolute atomic E-state index is 13.4. The van der Waals surface area contributed by atoms with Crippen molar-refractivity contribution in [2.75, 3.05) is 0 Å². The summed E-state index contributed by atoms with van der Waals surface area (Å²) in [5, 5.41) is 7.04. The molecule has 0 atom stereocenters. The molecule has 2 saturated carbocycles. The van der Waals surface area contributed by atoms with E-state index in [9.17, 15) is 4.79 Å². The van der Waals surface area contributed by atoms with E-state index in [4.69, 9.17) is 4.52 Å². The Morgan fingerprint density at radius 2 is 1.69 bits per heavy atom. The number of hydrogen-bond acceptors (Lipinski definition) is 5. The first kappa shape index (κ1) is 17.7. The van der Waals surface area contributed by atoms with Gasteiger partial charge in [-0.15, -0.1) is 11.3 Å². The Labute approximate surface area is 158 Å². The van der Waals surface area contributed by atoms with Crippen molar-refractivity contribution in [1.82, 2.24) is 15.0 Å². The van der Waals surface area contributed by atoms with Crippen LogP contribution < -0.4 is 0 Å². The number of carbonyl (C=O) groups excluding carboxylic acids is 1. The Bertz CT molecular complexity index is 724. The molecule has 4 rings (SSSR count). The summed E-state index contributed by atoms with van der Waals surface area (Å²) in [7, 11) is 0. The van der Waals surface area contributed by atoms with Gasteiger partial charge in [-0.3, -0.25) is 4.79 Å². The number of nitrogens with zero attached hydrogens (tertiary/aromatic N) is 3. The molecule has 0 aliphatic heterocycles. The molecule has 0 spiro atoms. The lowest BCUT2D eigenvalue weighted by atomic mass is 9.88. The van der Waals surface area contributed by atoms with Crippen LogP contribution in [-0.2, 0) is 0 Å². The molecule has 0 radical (unpaired) electrons. The molecule has 0 aromatic carbocycles. The van der Waals surface area contributed by atoms with Crippen LogP contribution in [0.1, 0.15) is 79.7 Å². The first-order valence-corrected chi connectivity index (χ1v) is 10.8. The largest absolute Gasteiger partial charge is 0.354 e. The zero-order valence-electron chi connectivity index (χ0n) is 15.4. The molecule has 2 aliphatic rings. The van der Waals surface area contributed by atoms with Gasteiger partial charge >= 0.3 is 0 Å². The maximum Gasteiger partial charge on any atom is 0.276 e. The topological polar surface area (TPSA) is 59.2 Å². The summed E-state index contributed by atoms with van der Waals surface area (Å²) in [4.78, 5) is 20.0. The molecule has 2 aliphatic carbocycles. The Morgan fingerprint density at radius 3 is 2.23 bits per heavy atom. The monoisotopic (exact) mass is 373 g/mol. The van der Waals surface area contributed by atoms with Crippen molar-refractivity contribution in [1.29, 1.82) is 0 Å². The number of amides is 1. The molecule has 0 unspecified atom stereocenters. The first-order valence-electron chi connectivity index (χ1n) is 9.94. The number of carbonyl (C=O) groups is 1. The normalized spacial score (nSPS) is 19.6. The van der Waals surface area contributed by atoms with E-state index in [1.54, 1.807) is 17.4 Å². The van der Waals surface area contributed by atoms with E-state index in [-0.39, 0.29) is 5.91 Å². The summed E-state index contributed by atoms with van der Waals surface area (Å²) in [5.41, 5.74) is 1.20. The van der Waals surface area contributed by atoms with E-state index in [1.165, 1.54) is 38.5 Å². The number of hydrogen-bond donors (Lipinski definition) is 0. The average molecular weight is 374 g/mol. The van der Waals surface area contributed by atoms with Crippen molar-refractivity contribution >= 4 is 17.2 Å². The molecule has 140 valence electrons. The van der Waals surface area contributed by atoms with Crippen molar-refractivity contribution in [3.8, 4) is 11.5 Å². The van der Waals surface area contributed by atoms with E-state index in [1.807, 2.05) is 12.3 Å². The van der Waals surface area contributed by atoms with Gasteiger partial charge in [0.25, 0.3) is 5.91 Å². The lowest BCUT2D eigenvalue weighted by Crippen LogP contribution is -2.48. The van der Waals surface area contributed by atoms with Gasteiger partial charge in [0, 0.05) is 23.5 Å². The van der Waals surface area contributed by atoms with Crippen molar-refractivity contribution in [3.05, 3.63) is 22.1 Å². The van der Waals surface area contributed by atoms with Crippen LogP contribution in [-0.4, -0.2) is 33.0 Å². The van der Waals surface area contributed by atoms with Gasteiger partial charge in [0.1, 0.15) is 5.69 Å². The van der Waals surface area contributed by atoms with E-state index >= 15 is 0 Å². The standard InChI is InChI=1S/C20H27N3O2S/c1-14-21-18(13-26-14)19-12-17(22-25-19)20(24)23(15-8-4-2-5-9-15)16-10-6-3-7-11-16/h12-13,15-16H,2-11H2,1H3. The van der Waals surface area contributed by atoms with E-state index in [0.717, 1.165) is 36.4 Å². The summed E-state index contributed by atoms with van der Waals surface area (Å²) >= 11 is 1.57. The molecule has 2 fully saturated rings. The highest BCUT2D eigenvalue weighted by Crippen LogP contribution is 2.32. The SMILES string of the molecule is Cc1nc(-c2cc(C(=O)N(C3CCCCC3)C3CCCCC3)no2)cs1. The van der Waals surface area contributed by atoms with Gasteiger partial charge in [0.2, 0.25) is 0 Å². The van der Waals surface area contributed by atoms with Gasteiger partial charge in [0.05, 0.1) is 5.01 Å². The Morgan fingerprint density at radius 1 is 1.08 bits per heavy atom. The third-order valence-electron chi connectivity index (χ3n) is 5.77. The van der Waals surface area contributed by atoms with Crippen LogP contribution in [0.5, 0.6) is 0 Å². The third-order valence-corrected chi connectivity index (χ3v) is 6.54. The predicted molar refractivity (Wildman–Crippen MR) is 102 cm³/mol. The zero-order valence-corrected chi connectivity index (χ0v) is 16.3. The maximum atomic E-state index is 13.4. The summed E-state index contributed by atoms with van der Waals surface area (Å²) in [6.07, 6.45) is 12.0. The number of thiazole rings is 1. The van der Waals surface area contributed by atoms with Gasteiger partial charge in [-0.05, 0) is 32.6 Å². The van der Waals surface area contributed by atoms with Gasteiger partial charge in [-0.2, -0.15) is 0 Å². The Kier molecular flexibility index (Phi) is 5.38. The summed E-state index contributed by atoms with van der Waals surface area (Å²) < 4.78 is 5.46. The number of aryl methyl sites for hydroxylation is 1. The lowest BCUT2D eigenvalue weighted by molar-refractivity contribution is 0.0438. The molecule has 6 heteroatoms. The summed E-state index contributed by atoms with van der Waals surface area (Å²) in [6.45, 7) is 1.96. The van der Waals surface area contributed by atoms with Crippen LogP contribution in [0.15, 0.2) is 16.0 Å². The molecule has 1 amide bonds. The molecule has 2 heterocycles. The lowest BCUT2D eigenvalue weighted by Gasteiger charge is -2.41. The van der Waals surface area contributed by atoms with Gasteiger partial charge in [0.15, 0.2) is 11.5 Å². The molecule has 0 bridgehead atoms. The Hall–Kier alpha value is -1.69. The van der Waals surface area contributed by atoms with Crippen LogP contribution in [0.4, 0.5) is 0 Å². The van der Waals surface area contributed by atoms with Crippen LogP contribution in [0.25, 0.3) is 11.5 Å². The second-order valence-electron chi connectivity index (χ2n) is 7.62. The highest BCUT2D eigenvalue weighted by Gasteiger charge is 2.34. The highest BCUT2D eigenvalue weighted by atomic mass is 32.1. The number of rotatable bonds is 4. The second kappa shape index (κ2) is 7.91. The fourth-order valence-electron chi connectivity index (χ4n) is 4.45. The molecule has 5 nitrogen and oxygen atoms in total.